The van der Waals surface area contributed by atoms with Crippen molar-refractivity contribution in [1.29, 1.82) is 0 Å². The van der Waals surface area contributed by atoms with E-state index in [2.05, 4.69) is 39.2 Å². The third-order valence-corrected chi connectivity index (χ3v) is 3.56. The van der Waals surface area contributed by atoms with E-state index in [0.29, 0.717) is 11.6 Å². The molecular weight excluding hydrogens is 288 g/mol. The Balaban J connectivity index is 1.90. The Morgan fingerprint density at radius 2 is 2.17 bits per heavy atom. The Labute approximate surface area is 134 Å². The second-order valence-corrected chi connectivity index (χ2v) is 5.79. The number of H-pyrrole nitrogens is 1. The number of nitrogens with two attached hydrogens (primary N) is 1. The molecule has 0 atom stereocenters. The van der Waals surface area contributed by atoms with Crippen LogP contribution >= 0.6 is 0 Å². The molecule has 0 fully saturated rings. The summed E-state index contributed by atoms with van der Waals surface area (Å²) >= 11 is 0. The zero-order valence-corrected chi connectivity index (χ0v) is 13.2. The Morgan fingerprint density at radius 1 is 1.30 bits per heavy atom. The number of hydrazone groups is 1. The van der Waals surface area contributed by atoms with Crippen molar-refractivity contribution >= 4 is 22.6 Å². The van der Waals surface area contributed by atoms with Gasteiger partial charge in [-0.3, -0.25) is 0 Å². The first-order valence-corrected chi connectivity index (χ1v) is 7.59. The fourth-order valence-electron chi connectivity index (χ4n) is 2.40. The average Bonchev–Trinajstić information content (AvgIpc) is 2.99. The lowest BCUT2D eigenvalue weighted by Crippen LogP contribution is -2.10. The summed E-state index contributed by atoms with van der Waals surface area (Å²) in [6, 6.07) is 7.79. The zero-order valence-electron chi connectivity index (χ0n) is 13.2. The van der Waals surface area contributed by atoms with E-state index in [1.807, 2.05) is 30.5 Å². The highest BCUT2D eigenvalue weighted by Gasteiger charge is 2.13. The molecule has 0 aliphatic heterocycles. The van der Waals surface area contributed by atoms with Gasteiger partial charge in [0.2, 0.25) is 0 Å². The van der Waals surface area contributed by atoms with Crippen LogP contribution in [-0.2, 0) is 0 Å². The lowest BCUT2D eigenvalue weighted by molar-refractivity contribution is 0.687. The summed E-state index contributed by atoms with van der Waals surface area (Å²) in [5.41, 5.74) is 3.28. The number of aromatic amines is 1. The summed E-state index contributed by atoms with van der Waals surface area (Å²) in [4.78, 5) is 11.9. The molecular formula is C17H20N6. The lowest BCUT2D eigenvalue weighted by atomic mass is 10.0. The van der Waals surface area contributed by atoms with Crippen molar-refractivity contribution in [2.75, 3.05) is 11.9 Å². The molecule has 0 unspecified atom stereocenters. The van der Waals surface area contributed by atoms with E-state index < -0.39 is 0 Å². The number of anilines is 1. The maximum absolute atomic E-state index is 5.63. The monoisotopic (exact) mass is 308 g/mol. The highest BCUT2D eigenvalue weighted by Crippen LogP contribution is 2.20. The normalized spacial score (nSPS) is 12.0. The van der Waals surface area contributed by atoms with Gasteiger partial charge in [0.1, 0.15) is 17.2 Å². The first-order valence-electron chi connectivity index (χ1n) is 7.59. The quantitative estimate of drug-likeness (QED) is 0.384. The van der Waals surface area contributed by atoms with Gasteiger partial charge in [-0.25, -0.2) is 9.97 Å². The number of rotatable bonds is 5. The van der Waals surface area contributed by atoms with E-state index in [9.17, 15) is 0 Å². The SMILES string of the molecule is CC(C)CNc1ccc(/C(=N/N)c2c[nH]c3ncccc23)cn1. The van der Waals surface area contributed by atoms with Crippen molar-refractivity contribution in [1.82, 2.24) is 15.0 Å². The van der Waals surface area contributed by atoms with Crippen molar-refractivity contribution in [3.63, 3.8) is 0 Å². The van der Waals surface area contributed by atoms with Crippen molar-refractivity contribution in [3.8, 4) is 0 Å². The van der Waals surface area contributed by atoms with Crippen molar-refractivity contribution in [2.24, 2.45) is 16.9 Å². The maximum Gasteiger partial charge on any atom is 0.137 e. The van der Waals surface area contributed by atoms with Crippen LogP contribution in [0.5, 0.6) is 0 Å². The summed E-state index contributed by atoms with van der Waals surface area (Å²) in [6.45, 7) is 5.20. The molecule has 3 heterocycles. The van der Waals surface area contributed by atoms with E-state index in [1.54, 1.807) is 12.4 Å². The van der Waals surface area contributed by atoms with Crippen LogP contribution in [-0.4, -0.2) is 27.2 Å². The third kappa shape index (κ3) is 3.15. The van der Waals surface area contributed by atoms with E-state index in [1.165, 1.54) is 0 Å². The molecule has 0 radical (unpaired) electrons. The van der Waals surface area contributed by atoms with Gasteiger partial charge in [-0.1, -0.05) is 13.8 Å². The molecule has 118 valence electrons. The van der Waals surface area contributed by atoms with Crippen LogP contribution in [0.3, 0.4) is 0 Å². The van der Waals surface area contributed by atoms with Gasteiger partial charge in [-0.2, -0.15) is 5.10 Å². The predicted octanol–water partition coefficient (Wildman–Crippen LogP) is 2.74. The summed E-state index contributed by atoms with van der Waals surface area (Å²) in [5, 5.41) is 8.24. The summed E-state index contributed by atoms with van der Waals surface area (Å²) in [5.74, 6) is 7.05. The van der Waals surface area contributed by atoms with Crippen LogP contribution in [0, 0.1) is 5.92 Å². The van der Waals surface area contributed by atoms with Crippen LogP contribution in [0.15, 0.2) is 48.0 Å². The molecule has 0 aliphatic rings. The molecule has 6 heteroatoms. The first kappa shape index (κ1) is 15.0. The minimum absolute atomic E-state index is 0.566. The number of nitrogens with one attached hydrogen (secondary N) is 2. The molecule has 0 bridgehead atoms. The van der Waals surface area contributed by atoms with Crippen LogP contribution in [0.1, 0.15) is 25.0 Å². The third-order valence-electron chi connectivity index (χ3n) is 3.56. The summed E-state index contributed by atoms with van der Waals surface area (Å²) in [6.07, 6.45) is 5.40. The van der Waals surface area contributed by atoms with Crippen molar-refractivity contribution in [3.05, 3.63) is 54.0 Å². The highest BCUT2D eigenvalue weighted by atomic mass is 15.1. The van der Waals surface area contributed by atoms with Crippen molar-refractivity contribution in [2.45, 2.75) is 13.8 Å². The van der Waals surface area contributed by atoms with Gasteiger partial charge in [0.25, 0.3) is 0 Å². The summed E-state index contributed by atoms with van der Waals surface area (Å²) in [7, 11) is 0. The molecule has 4 N–H and O–H groups in total. The molecule has 0 aliphatic carbocycles. The Kier molecular flexibility index (Phi) is 4.23. The largest absolute Gasteiger partial charge is 0.370 e. The van der Waals surface area contributed by atoms with E-state index in [0.717, 1.165) is 34.5 Å². The van der Waals surface area contributed by atoms with E-state index in [-0.39, 0.29) is 0 Å². The molecule has 0 saturated carbocycles. The molecule has 3 aromatic rings. The number of nitrogens with zero attached hydrogens (tertiary/aromatic N) is 3. The number of hydrogen-bond donors (Lipinski definition) is 3. The van der Waals surface area contributed by atoms with Crippen LogP contribution < -0.4 is 11.2 Å². The molecule has 23 heavy (non-hydrogen) atoms. The maximum atomic E-state index is 5.63. The summed E-state index contributed by atoms with van der Waals surface area (Å²) < 4.78 is 0. The van der Waals surface area contributed by atoms with Gasteiger partial charge < -0.3 is 16.1 Å². The Morgan fingerprint density at radius 3 is 2.87 bits per heavy atom. The molecule has 0 amide bonds. The van der Waals surface area contributed by atoms with Gasteiger partial charge in [-0.05, 0) is 30.2 Å². The number of fused-ring (bicyclic) bond motifs is 1. The Hall–Kier alpha value is -2.89. The van der Waals surface area contributed by atoms with E-state index in [4.69, 9.17) is 5.84 Å². The molecule has 0 saturated heterocycles. The van der Waals surface area contributed by atoms with Gasteiger partial charge in [0.05, 0.1) is 0 Å². The number of aromatic nitrogens is 3. The van der Waals surface area contributed by atoms with Gasteiger partial charge >= 0.3 is 0 Å². The fourth-order valence-corrected chi connectivity index (χ4v) is 2.40. The molecule has 0 aromatic carbocycles. The lowest BCUT2D eigenvalue weighted by Gasteiger charge is -2.09. The fraction of sp³-hybridized carbons (Fsp3) is 0.235. The molecule has 0 spiro atoms. The van der Waals surface area contributed by atoms with E-state index >= 15 is 0 Å². The molecule has 6 nitrogen and oxygen atoms in total. The first-order chi connectivity index (χ1) is 11.2. The topological polar surface area (TPSA) is 92.0 Å². The molecule has 3 aromatic heterocycles. The van der Waals surface area contributed by atoms with Crippen LogP contribution in [0.2, 0.25) is 0 Å². The van der Waals surface area contributed by atoms with Gasteiger partial charge in [0.15, 0.2) is 0 Å². The second-order valence-electron chi connectivity index (χ2n) is 5.79. The average molecular weight is 308 g/mol. The van der Waals surface area contributed by atoms with Crippen molar-refractivity contribution < 1.29 is 0 Å². The minimum atomic E-state index is 0.566. The van der Waals surface area contributed by atoms with Crippen LogP contribution in [0.25, 0.3) is 11.0 Å². The standard InChI is InChI=1S/C17H20N6/c1-11(2)8-20-15-6-5-12(9-21-15)16(23-18)14-10-22-17-13(14)4-3-7-19-17/h3-7,9-11H,8,18H2,1-2H3,(H,19,22)(H,20,21)/b23-16-. The van der Waals surface area contributed by atoms with Gasteiger partial charge in [0, 0.05) is 41.6 Å². The highest BCUT2D eigenvalue weighted by molar-refractivity contribution is 6.18. The number of hydrogen-bond acceptors (Lipinski definition) is 5. The predicted molar refractivity (Wildman–Crippen MR) is 93.5 cm³/mol. The minimum Gasteiger partial charge on any atom is -0.370 e. The Bertz CT molecular complexity index is 816. The smallest absolute Gasteiger partial charge is 0.137 e. The number of pyridine rings is 2. The zero-order chi connectivity index (χ0) is 16.2. The second kappa shape index (κ2) is 6.48. The van der Waals surface area contributed by atoms with Gasteiger partial charge in [-0.15, -0.1) is 0 Å². The van der Waals surface area contributed by atoms with Crippen LogP contribution in [0.4, 0.5) is 5.82 Å². The molecule has 3 rings (SSSR count).